The van der Waals surface area contributed by atoms with Crippen LogP contribution in [0.1, 0.15) is 24.0 Å². The Morgan fingerprint density at radius 3 is 2.67 bits per heavy atom. The van der Waals surface area contributed by atoms with Crippen molar-refractivity contribution >= 4 is 6.03 Å². The number of hydrogen-bond acceptors (Lipinski definition) is 3. The molecular formula is C20H26N6O. The molecule has 142 valence electrons. The van der Waals surface area contributed by atoms with Crippen LogP contribution in [0.2, 0.25) is 0 Å². The van der Waals surface area contributed by atoms with Gasteiger partial charge in [-0.2, -0.15) is 10.2 Å². The van der Waals surface area contributed by atoms with E-state index in [0.29, 0.717) is 13.1 Å². The first-order valence-corrected chi connectivity index (χ1v) is 9.05. The summed E-state index contributed by atoms with van der Waals surface area (Å²) in [6.07, 6.45) is 0. The molecule has 2 heterocycles. The third kappa shape index (κ3) is 4.75. The number of nitrogens with one attached hydrogen (secondary N) is 2. The standard InChI is InChI=1S/C20H26N6O/c1-14-10-16(3)26(24-14)12-15(2)21-20(27)25(4)13-18-11-19(23-22-18)17-8-6-5-7-9-17/h5-11,15H,12-13H2,1-4H3,(H,21,27)(H,22,23). The summed E-state index contributed by atoms with van der Waals surface area (Å²) >= 11 is 0. The van der Waals surface area contributed by atoms with Crippen LogP contribution in [0.4, 0.5) is 4.79 Å². The van der Waals surface area contributed by atoms with Crippen molar-refractivity contribution in [1.29, 1.82) is 0 Å². The number of carbonyl (C=O) groups is 1. The van der Waals surface area contributed by atoms with Crippen molar-refractivity contribution in [2.45, 2.75) is 39.9 Å². The topological polar surface area (TPSA) is 78.8 Å². The first-order valence-electron chi connectivity index (χ1n) is 9.05. The van der Waals surface area contributed by atoms with Gasteiger partial charge in [-0.3, -0.25) is 9.78 Å². The van der Waals surface area contributed by atoms with Crippen LogP contribution in [0, 0.1) is 13.8 Å². The van der Waals surface area contributed by atoms with Gasteiger partial charge in [0, 0.05) is 24.3 Å². The summed E-state index contributed by atoms with van der Waals surface area (Å²) in [5.41, 5.74) is 4.88. The summed E-state index contributed by atoms with van der Waals surface area (Å²) in [5.74, 6) is 0. The Balaban J connectivity index is 1.54. The van der Waals surface area contributed by atoms with Crippen LogP contribution in [0.15, 0.2) is 42.5 Å². The van der Waals surface area contributed by atoms with E-state index in [1.54, 1.807) is 11.9 Å². The van der Waals surface area contributed by atoms with Gasteiger partial charge in [0.25, 0.3) is 0 Å². The van der Waals surface area contributed by atoms with E-state index >= 15 is 0 Å². The van der Waals surface area contributed by atoms with Gasteiger partial charge in [-0.05, 0) is 32.9 Å². The van der Waals surface area contributed by atoms with Crippen molar-refractivity contribution in [3.63, 3.8) is 0 Å². The minimum absolute atomic E-state index is 0.0282. The highest BCUT2D eigenvalue weighted by atomic mass is 16.2. The number of amides is 2. The third-order valence-corrected chi connectivity index (χ3v) is 4.37. The molecule has 7 heteroatoms. The van der Waals surface area contributed by atoms with Crippen molar-refractivity contribution < 1.29 is 4.79 Å². The van der Waals surface area contributed by atoms with Gasteiger partial charge in [-0.15, -0.1) is 0 Å². The second-order valence-electron chi connectivity index (χ2n) is 6.96. The smallest absolute Gasteiger partial charge is 0.317 e. The van der Waals surface area contributed by atoms with Gasteiger partial charge >= 0.3 is 6.03 Å². The zero-order valence-corrected chi connectivity index (χ0v) is 16.2. The molecule has 0 saturated carbocycles. The fourth-order valence-corrected chi connectivity index (χ4v) is 3.01. The van der Waals surface area contributed by atoms with Crippen molar-refractivity contribution in [2.24, 2.45) is 0 Å². The predicted molar refractivity (Wildman–Crippen MR) is 105 cm³/mol. The quantitative estimate of drug-likeness (QED) is 0.703. The van der Waals surface area contributed by atoms with E-state index in [1.807, 2.05) is 67.9 Å². The number of H-pyrrole nitrogens is 1. The monoisotopic (exact) mass is 366 g/mol. The van der Waals surface area contributed by atoms with Crippen molar-refractivity contribution in [1.82, 2.24) is 30.2 Å². The molecule has 0 aliphatic heterocycles. The summed E-state index contributed by atoms with van der Waals surface area (Å²) in [5, 5.41) is 14.8. The van der Waals surface area contributed by atoms with Crippen LogP contribution >= 0.6 is 0 Å². The third-order valence-electron chi connectivity index (χ3n) is 4.37. The summed E-state index contributed by atoms with van der Waals surface area (Å²) in [6, 6.07) is 13.8. The molecule has 1 unspecified atom stereocenters. The SMILES string of the molecule is Cc1cc(C)n(CC(C)NC(=O)N(C)Cc2cc(-c3ccccc3)n[nH]2)n1. The fraction of sp³-hybridized carbons (Fsp3) is 0.350. The molecule has 0 aliphatic carbocycles. The van der Waals surface area contributed by atoms with E-state index in [9.17, 15) is 4.79 Å². The molecule has 1 aromatic carbocycles. The molecular weight excluding hydrogens is 340 g/mol. The number of rotatable bonds is 6. The van der Waals surface area contributed by atoms with Gasteiger partial charge in [0.2, 0.25) is 0 Å². The lowest BCUT2D eigenvalue weighted by atomic mass is 10.1. The maximum atomic E-state index is 12.5. The Hall–Kier alpha value is -3.09. The van der Waals surface area contributed by atoms with Gasteiger partial charge < -0.3 is 10.2 Å². The van der Waals surface area contributed by atoms with Gasteiger partial charge in [0.05, 0.1) is 30.2 Å². The zero-order chi connectivity index (χ0) is 19.4. The van der Waals surface area contributed by atoms with Gasteiger partial charge in [-0.25, -0.2) is 4.79 Å². The molecule has 0 radical (unpaired) electrons. The molecule has 2 aromatic heterocycles. The maximum absolute atomic E-state index is 12.5. The zero-order valence-electron chi connectivity index (χ0n) is 16.2. The molecule has 3 rings (SSSR count). The van der Waals surface area contributed by atoms with Crippen LogP contribution in [0.3, 0.4) is 0 Å². The first kappa shape index (κ1) is 18.7. The van der Waals surface area contributed by atoms with Gasteiger partial charge in [0.15, 0.2) is 0 Å². The van der Waals surface area contributed by atoms with E-state index in [-0.39, 0.29) is 12.1 Å². The summed E-state index contributed by atoms with van der Waals surface area (Å²) in [4.78, 5) is 14.1. The number of urea groups is 1. The molecule has 0 bridgehead atoms. The van der Waals surface area contributed by atoms with E-state index in [2.05, 4.69) is 20.6 Å². The Bertz CT molecular complexity index is 898. The number of carbonyl (C=O) groups excluding carboxylic acids is 1. The lowest BCUT2D eigenvalue weighted by Crippen LogP contribution is -2.43. The molecule has 0 spiro atoms. The number of aromatic nitrogens is 4. The minimum atomic E-state index is -0.125. The Morgan fingerprint density at radius 2 is 2.00 bits per heavy atom. The molecule has 2 amide bonds. The summed E-state index contributed by atoms with van der Waals surface area (Å²) in [7, 11) is 1.77. The molecule has 1 atom stereocenters. The van der Waals surface area contributed by atoms with Gasteiger partial charge in [0.1, 0.15) is 0 Å². The Morgan fingerprint density at radius 1 is 1.26 bits per heavy atom. The van der Waals surface area contributed by atoms with E-state index in [1.165, 1.54) is 0 Å². The second-order valence-corrected chi connectivity index (χ2v) is 6.96. The molecule has 3 aromatic rings. The molecule has 27 heavy (non-hydrogen) atoms. The number of aromatic amines is 1. The van der Waals surface area contributed by atoms with E-state index in [4.69, 9.17) is 0 Å². The van der Waals surface area contributed by atoms with Crippen LogP contribution in [0.25, 0.3) is 11.3 Å². The highest BCUT2D eigenvalue weighted by Crippen LogP contribution is 2.17. The number of hydrogen-bond donors (Lipinski definition) is 2. The minimum Gasteiger partial charge on any atom is -0.334 e. The summed E-state index contributed by atoms with van der Waals surface area (Å²) in [6.45, 7) is 7.06. The normalized spacial score (nSPS) is 12.0. The number of aryl methyl sites for hydroxylation is 2. The average Bonchev–Trinajstić information content (AvgIpc) is 3.22. The maximum Gasteiger partial charge on any atom is 0.317 e. The first-order chi connectivity index (χ1) is 12.9. The second kappa shape index (κ2) is 8.07. The fourth-order valence-electron chi connectivity index (χ4n) is 3.01. The van der Waals surface area contributed by atoms with E-state index in [0.717, 1.165) is 28.3 Å². The van der Waals surface area contributed by atoms with Crippen LogP contribution in [-0.2, 0) is 13.1 Å². The number of benzene rings is 1. The average molecular weight is 366 g/mol. The van der Waals surface area contributed by atoms with Crippen molar-refractivity contribution in [2.75, 3.05) is 7.05 Å². The highest BCUT2D eigenvalue weighted by molar-refractivity contribution is 5.74. The molecule has 0 fully saturated rings. The summed E-state index contributed by atoms with van der Waals surface area (Å²) < 4.78 is 1.92. The van der Waals surface area contributed by atoms with Crippen LogP contribution in [-0.4, -0.2) is 44.0 Å². The molecule has 2 N–H and O–H groups in total. The Kier molecular flexibility index (Phi) is 5.59. The molecule has 0 aliphatic rings. The van der Waals surface area contributed by atoms with E-state index < -0.39 is 0 Å². The molecule has 7 nitrogen and oxygen atoms in total. The lowest BCUT2D eigenvalue weighted by molar-refractivity contribution is 0.201. The lowest BCUT2D eigenvalue weighted by Gasteiger charge is -2.21. The molecule has 0 saturated heterocycles. The van der Waals surface area contributed by atoms with Crippen LogP contribution in [0.5, 0.6) is 0 Å². The van der Waals surface area contributed by atoms with Crippen LogP contribution < -0.4 is 5.32 Å². The highest BCUT2D eigenvalue weighted by Gasteiger charge is 2.15. The largest absolute Gasteiger partial charge is 0.334 e. The number of nitrogens with zero attached hydrogens (tertiary/aromatic N) is 4. The predicted octanol–water partition coefficient (Wildman–Crippen LogP) is 3.12. The Labute approximate surface area is 159 Å². The van der Waals surface area contributed by atoms with Gasteiger partial charge in [-0.1, -0.05) is 30.3 Å². The van der Waals surface area contributed by atoms with Crippen molar-refractivity contribution in [3.05, 3.63) is 59.5 Å². The van der Waals surface area contributed by atoms with Crippen molar-refractivity contribution in [3.8, 4) is 11.3 Å².